The van der Waals surface area contributed by atoms with Crippen molar-refractivity contribution in [2.45, 2.75) is 142 Å². The second kappa shape index (κ2) is 18.0. The standard InChI is InChI=1S/C26H58NSi/c1-7-8-9-10-11-12-13-14-15-16-17-18-19-20-21-22-24-27(2,3)25-23-26-28(4,5)6/h7-26H2,1-6H3/q+1. The summed E-state index contributed by atoms with van der Waals surface area (Å²) in [6.07, 6.45) is 24.9. The summed E-state index contributed by atoms with van der Waals surface area (Å²) < 4.78 is 1.24. The van der Waals surface area contributed by atoms with Gasteiger partial charge in [0.05, 0.1) is 27.2 Å². The maximum Gasteiger partial charge on any atom is 0.0782 e. The molecule has 0 aliphatic heterocycles. The molecule has 2 heteroatoms. The van der Waals surface area contributed by atoms with Crippen LogP contribution in [-0.2, 0) is 0 Å². The molecule has 0 radical (unpaired) electrons. The van der Waals surface area contributed by atoms with Crippen LogP contribution in [0.15, 0.2) is 0 Å². The van der Waals surface area contributed by atoms with Gasteiger partial charge in [-0.05, 0) is 19.3 Å². The predicted molar refractivity (Wildman–Crippen MR) is 134 cm³/mol. The summed E-state index contributed by atoms with van der Waals surface area (Å²) in [5.74, 6) is 0. The van der Waals surface area contributed by atoms with E-state index in [0.717, 1.165) is 0 Å². The number of quaternary nitrogens is 1. The molecule has 0 fully saturated rings. The third-order valence-electron chi connectivity index (χ3n) is 6.31. The van der Waals surface area contributed by atoms with Gasteiger partial charge in [-0.15, -0.1) is 0 Å². The number of rotatable bonds is 21. The average Bonchev–Trinajstić information content (AvgIpc) is 2.60. The second-order valence-electron chi connectivity index (χ2n) is 11.4. The molecule has 0 saturated heterocycles. The van der Waals surface area contributed by atoms with Crippen molar-refractivity contribution in [2.24, 2.45) is 0 Å². The van der Waals surface area contributed by atoms with Crippen LogP contribution in [0.25, 0.3) is 0 Å². The zero-order chi connectivity index (χ0) is 21.1. The molecule has 0 aromatic rings. The van der Waals surface area contributed by atoms with Crippen molar-refractivity contribution in [2.75, 3.05) is 27.2 Å². The Labute approximate surface area is 181 Å². The smallest absolute Gasteiger partial charge is 0.0782 e. The minimum Gasteiger partial charge on any atom is -0.328 e. The van der Waals surface area contributed by atoms with Gasteiger partial charge in [0, 0.05) is 8.07 Å². The van der Waals surface area contributed by atoms with Gasteiger partial charge in [-0.2, -0.15) is 0 Å². The molecule has 0 N–H and O–H groups in total. The molecule has 0 heterocycles. The third kappa shape index (κ3) is 22.5. The average molecular weight is 413 g/mol. The first kappa shape index (κ1) is 28.2. The van der Waals surface area contributed by atoms with Crippen LogP contribution in [0.1, 0.15) is 116 Å². The van der Waals surface area contributed by atoms with E-state index in [0.29, 0.717) is 0 Å². The van der Waals surface area contributed by atoms with E-state index in [9.17, 15) is 0 Å². The molecule has 0 atom stereocenters. The second-order valence-corrected chi connectivity index (χ2v) is 17.0. The Morgan fingerprint density at radius 3 is 1.14 bits per heavy atom. The highest BCUT2D eigenvalue weighted by Crippen LogP contribution is 2.16. The first-order valence-electron chi connectivity index (χ1n) is 13.1. The van der Waals surface area contributed by atoms with Gasteiger partial charge in [0.1, 0.15) is 0 Å². The molecule has 0 spiro atoms. The van der Waals surface area contributed by atoms with Gasteiger partial charge in [-0.1, -0.05) is 123 Å². The molecule has 28 heavy (non-hydrogen) atoms. The molecular weight excluding hydrogens is 354 g/mol. The molecule has 0 aliphatic rings. The van der Waals surface area contributed by atoms with Gasteiger partial charge < -0.3 is 4.48 Å². The van der Waals surface area contributed by atoms with Crippen LogP contribution >= 0.6 is 0 Å². The molecule has 0 aromatic carbocycles. The van der Waals surface area contributed by atoms with Crippen LogP contribution < -0.4 is 0 Å². The minimum atomic E-state index is -0.843. The number of hydrogen-bond donors (Lipinski definition) is 0. The maximum atomic E-state index is 2.50. The predicted octanol–water partition coefficient (Wildman–Crippen LogP) is 9.05. The van der Waals surface area contributed by atoms with E-state index in [2.05, 4.69) is 40.7 Å². The Balaban J connectivity index is 3.28. The van der Waals surface area contributed by atoms with Crippen molar-refractivity contribution >= 4 is 8.07 Å². The molecule has 170 valence electrons. The molecule has 0 aromatic heterocycles. The minimum absolute atomic E-state index is 0.843. The van der Waals surface area contributed by atoms with Gasteiger partial charge in [0.2, 0.25) is 0 Å². The highest BCUT2D eigenvalue weighted by Gasteiger charge is 2.18. The molecular formula is C26H58NSi+. The molecule has 0 aliphatic carbocycles. The lowest BCUT2D eigenvalue weighted by molar-refractivity contribution is -0.890. The monoisotopic (exact) mass is 412 g/mol. The Morgan fingerprint density at radius 1 is 0.464 bits per heavy atom. The highest BCUT2D eigenvalue weighted by molar-refractivity contribution is 6.76. The van der Waals surface area contributed by atoms with Crippen molar-refractivity contribution in [1.29, 1.82) is 0 Å². The Morgan fingerprint density at radius 2 is 0.786 bits per heavy atom. The van der Waals surface area contributed by atoms with Gasteiger partial charge >= 0.3 is 0 Å². The van der Waals surface area contributed by atoms with Crippen LogP contribution in [0.3, 0.4) is 0 Å². The SMILES string of the molecule is CCCCCCCCCCCCCCCCCC[N+](C)(C)CCC[Si](C)(C)C. The Bertz CT molecular complexity index is 319. The van der Waals surface area contributed by atoms with Gasteiger partial charge in [-0.25, -0.2) is 0 Å². The zero-order valence-corrected chi connectivity index (χ0v) is 22.1. The van der Waals surface area contributed by atoms with E-state index in [1.54, 1.807) is 0 Å². The summed E-state index contributed by atoms with van der Waals surface area (Å²) >= 11 is 0. The Hall–Kier alpha value is 0.177. The molecule has 0 rings (SSSR count). The fourth-order valence-corrected chi connectivity index (χ4v) is 5.46. The van der Waals surface area contributed by atoms with Gasteiger partial charge in [0.25, 0.3) is 0 Å². The summed E-state index contributed by atoms with van der Waals surface area (Å²) in [5, 5.41) is 0. The van der Waals surface area contributed by atoms with Crippen molar-refractivity contribution in [1.82, 2.24) is 0 Å². The zero-order valence-electron chi connectivity index (χ0n) is 21.1. The van der Waals surface area contributed by atoms with Crippen molar-refractivity contribution < 1.29 is 4.48 Å². The molecule has 1 nitrogen and oxygen atoms in total. The van der Waals surface area contributed by atoms with Crippen molar-refractivity contribution in [3.05, 3.63) is 0 Å². The van der Waals surface area contributed by atoms with Crippen LogP contribution in [0.2, 0.25) is 25.7 Å². The van der Waals surface area contributed by atoms with E-state index >= 15 is 0 Å². The lowest BCUT2D eigenvalue weighted by Crippen LogP contribution is -2.41. The van der Waals surface area contributed by atoms with E-state index in [-0.39, 0.29) is 0 Å². The fraction of sp³-hybridized carbons (Fsp3) is 1.00. The molecule has 0 bridgehead atoms. The molecule has 0 unspecified atom stereocenters. The number of nitrogens with zero attached hydrogens (tertiary/aromatic N) is 1. The van der Waals surface area contributed by atoms with Crippen LogP contribution in [0.4, 0.5) is 0 Å². The first-order valence-corrected chi connectivity index (χ1v) is 16.8. The largest absolute Gasteiger partial charge is 0.328 e. The maximum absolute atomic E-state index is 2.50. The van der Waals surface area contributed by atoms with E-state index in [4.69, 9.17) is 0 Å². The summed E-state index contributed by atoms with van der Waals surface area (Å²) in [4.78, 5) is 0. The molecule has 0 saturated carbocycles. The van der Waals surface area contributed by atoms with Gasteiger partial charge in [0.15, 0.2) is 0 Å². The third-order valence-corrected chi connectivity index (χ3v) is 8.16. The number of hydrogen-bond acceptors (Lipinski definition) is 0. The quantitative estimate of drug-likeness (QED) is 0.100. The van der Waals surface area contributed by atoms with Crippen LogP contribution in [0.5, 0.6) is 0 Å². The topological polar surface area (TPSA) is 0 Å². The lowest BCUT2D eigenvalue weighted by atomic mass is 10.0. The normalized spacial score (nSPS) is 12.6. The fourth-order valence-electron chi connectivity index (χ4n) is 4.24. The number of unbranched alkanes of at least 4 members (excludes halogenated alkanes) is 15. The van der Waals surface area contributed by atoms with E-state index in [1.807, 2.05) is 0 Å². The van der Waals surface area contributed by atoms with Crippen molar-refractivity contribution in [3.8, 4) is 0 Å². The van der Waals surface area contributed by atoms with Crippen LogP contribution in [-0.4, -0.2) is 39.7 Å². The van der Waals surface area contributed by atoms with E-state index in [1.165, 1.54) is 133 Å². The Kier molecular flexibility index (Phi) is 18.1. The van der Waals surface area contributed by atoms with Crippen molar-refractivity contribution in [3.63, 3.8) is 0 Å². The first-order chi connectivity index (χ1) is 13.3. The van der Waals surface area contributed by atoms with Crippen LogP contribution in [0, 0.1) is 0 Å². The lowest BCUT2D eigenvalue weighted by Gasteiger charge is -2.31. The summed E-state index contributed by atoms with van der Waals surface area (Å²) in [7, 11) is 4.04. The summed E-state index contributed by atoms with van der Waals surface area (Å²) in [6, 6.07) is 1.49. The highest BCUT2D eigenvalue weighted by atomic mass is 28.3. The summed E-state index contributed by atoms with van der Waals surface area (Å²) in [5.41, 5.74) is 0. The van der Waals surface area contributed by atoms with Gasteiger partial charge in [-0.3, -0.25) is 0 Å². The van der Waals surface area contributed by atoms with E-state index < -0.39 is 8.07 Å². The summed E-state index contributed by atoms with van der Waals surface area (Å²) in [6.45, 7) is 12.6. The molecule has 0 amide bonds.